The first-order valence-corrected chi connectivity index (χ1v) is 9.72. The van der Waals surface area contributed by atoms with Crippen molar-refractivity contribution in [2.24, 2.45) is 0 Å². The number of rotatable bonds is 3. The summed E-state index contributed by atoms with van der Waals surface area (Å²) in [6.07, 6.45) is 0.303. The molecule has 7 heteroatoms. The van der Waals surface area contributed by atoms with Crippen LogP contribution >= 0.6 is 23.2 Å². The van der Waals surface area contributed by atoms with E-state index in [9.17, 15) is 4.79 Å². The average molecular weight is 407 g/mol. The van der Waals surface area contributed by atoms with E-state index >= 15 is 0 Å². The summed E-state index contributed by atoms with van der Waals surface area (Å²) in [5.74, 6) is 1.28. The van der Waals surface area contributed by atoms with Crippen LogP contribution in [0.4, 0.5) is 5.69 Å². The third-order valence-electron chi connectivity index (χ3n) is 4.84. The minimum atomic E-state index is 0.0958. The maximum Gasteiger partial charge on any atom is 0.227 e. The van der Waals surface area contributed by atoms with E-state index in [0.29, 0.717) is 49.2 Å². The molecule has 1 amide bonds. The fourth-order valence-corrected chi connectivity index (χ4v) is 3.83. The van der Waals surface area contributed by atoms with E-state index in [0.717, 1.165) is 29.4 Å². The summed E-state index contributed by atoms with van der Waals surface area (Å²) < 4.78 is 11.1. The number of amides is 1. The smallest absolute Gasteiger partial charge is 0.227 e. The molecule has 1 fully saturated rings. The lowest BCUT2D eigenvalue weighted by Gasteiger charge is -2.36. The molecule has 2 heterocycles. The van der Waals surface area contributed by atoms with Crippen LogP contribution in [0, 0.1) is 0 Å². The first-order valence-electron chi connectivity index (χ1n) is 8.96. The number of benzene rings is 2. The third-order valence-corrected chi connectivity index (χ3v) is 5.37. The second-order valence-corrected chi connectivity index (χ2v) is 7.47. The second kappa shape index (κ2) is 7.87. The lowest BCUT2D eigenvalue weighted by molar-refractivity contribution is -0.130. The minimum absolute atomic E-state index is 0.0958. The number of halogens is 2. The van der Waals surface area contributed by atoms with Crippen LogP contribution in [0.5, 0.6) is 11.5 Å². The number of carbonyl (C=O) groups excluding carboxylic acids is 1. The Hall–Kier alpha value is -2.11. The molecule has 0 atom stereocenters. The molecule has 0 aromatic heterocycles. The van der Waals surface area contributed by atoms with Gasteiger partial charge in [-0.05, 0) is 42.0 Å². The Kier molecular flexibility index (Phi) is 5.32. The van der Waals surface area contributed by atoms with Gasteiger partial charge in [0.05, 0.1) is 11.4 Å². The van der Waals surface area contributed by atoms with E-state index in [2.05, 4.69) is 4.90 Å². The minimum Gasteiger partial charge on any atom is -0.486 e. The highest BCUT2D eigenvalue weighted by molar-refractivity contribution is 6.32. The largest absolute Gasteiger partial charge is 0.486 e. The molecule has 4 rings (SSSR count). The Morgan fingerprint density at radius 3 is 2.41 bits per heavy atom. The Labute approximate surface area is 168 Å². The first-order chi connectivity index (χ1) is 13.1. The van der Waals surface area contributed by atoms with Gasteiger partial charge in [-0.25, -0.2) is 0 Å². The molecule has 5 nitrogen and oxygen atoms in total. The molecule has 27 heavy (non-hydrogen) atoms. The van der Waals surface area contributed by atoms with E-state index in [1.54, 1.807) is 6.07 Å². The van der Waals surface area contributed by atoms with Gasteiger partial charge in [-0.1, -0.05) is 23.2 Å². The zero-order valence-electron chi connectivity index (χ0n) is 14.8. The zero-order chi connectivity index (χ0) is 18.8. The molecule has 0 N–H and O–H groups in total. The van der Waals surface area contributed by atoms with Gasteiger partial charge in [0.15, 0.2) is 11.5 Å². The number of fused-ring (bicyclic) bond motifs is 1. The highest BCUT2D eigenvalue weighted by Gasteiger charge is 2.23. The third kappa shape index (κ3) is 4.09. The van der Waals surface area contributed by atoms with E-state index in [1.807, 2.05) is 35.2 Å². The molecule has 2 aromatic carbocycles. The molecule has 0 spiro atoms. The Morgan fingerprint density at radius 2 is 1.67 bits per heavy atom. The summed E-state index contributed by atoms with van der Waals surface area (Å²) in [5, 5.41) is 1.22. The van der Waals surface area contributed by atoms with Crippen LogP contribution in [-0.2, 0) is 11.2 Å². The standard InChI is InChI=1S/C20H20Cl2N2O3/c21-15-1-3-16(4-2-15)23-5-7-24(8-6-23)19(25)13-14-11-17(22)20-18(12-14)26-9-10-27-20/h1-4,11-12H,5-10,13H2. The van der Waals surface area contributed by atoms with Crippen molar-refractivity contribution in [3.8, 4) is 11.5 Å². The van der Waals surface area contributed by atoms with Crippen LogP contribution in [0.3, 0.4) is 0 Å². The summed E-state index contributed by atoms with van der Waals surface area (Å²) in [6.45, 7) is 3.97. The van der Waals surface area contributed by atoms with Crippen molar-refractivity contribution in [1.82, 2.24) is 4.90 Å². The number of piperazine rings is 1. The van der Waals surface area contributed by atoms with Gasteiger partial charge in [-0.3, -0.25) is 4.79 Å². The summed E-state index contributed by atoms with van der Waals surface area (Å²) in [4.78, 5) is 16.9. The number of ether oxygens (including phenoxy) is 2. The van der Waals surface area contributed by atoms with Gasteiger partial charge in [-0.15, -0.1) is 0 Å². The van der Waals surface area contributed by atoms with Crippen LogP contribution in [0.1, 0.15) is 5.56 Å². The quantitative estimate of drug-likeness (QED) is 0.779. The molecule has 2 aromatic rings. The van der Waals surface area contributed by atoms with Crippen LogP contribution < -0.4 is 14.4 Å². The van der Waals surface area contributed by atoms with Crippen molar-refractivity contribution in [2.45, 2.75) is 6.42 Å². The normalized spacial score (nSPS) is 16.4. The SMILES string of the molecule is O=C(Cc1cc(Cl)c2c(c1)OCCO2)N1CCN(c2ccc(Cl)cc2)CC1. The molecule has 2 aliphatic rings. The van der Waals surface area contributed by atoms with Crippen LogP contribution in [0.25, 0.3) is 0 Å². The molecule has 2 aliphatic heterocycles. The number of nitrogens with zero attached hydrogens (tertiary/aromatic N) is 2. The molecule has 0 saturated carbocycles. The lowest BCUT2D eigenvalue weighted by atomic mass is 10.1. The van der Waals surface area contributed by atoms with Gasteiger partial charge in [0.25, 0.3) is 0 Å². The van der Waals surface area contributed by atoms with Crippen LogP contribution in [0.15, 0.2) is 36.4 Å². The number of hydrogen-bond donors (Lipinski definition) is 0. The summed E-state index contributed by atoms with van der Waals surface area (Å²) in [5.41, 5.74) is 1.97. The van der Waals surface area contributed by atoms with Gasteiger partial charge in [0.1, 0.15) is 13.2 Å². The second-order valence-electron chi connectivity index (χ2n) is 6.62. The highest BCUT2D eigenvalue weighted by Crippen LogP contribution is 2.38. The highest BCUT2D eigenvalue weighted by atomic mass is 35.5. The van der Waals surface area contributed by atoms with Gasteiger partial charge < -0.3 is 19.3 Å². The van der Waals surface area contributed by atoms with Gasteiger partial charge in [0, 0.05) is 36.9 Å². The molecule has 0 bridgehead atoms. The van der Waals surface area contributed by atoms with Crippen molar-refractivity contribution < 1.29 is 14.3 Å². The fraction of sp³-hybridized carbons (Fsp3) is 0.350. The molecule has 142 valence electrons. The van der Waals surface area contributed by atoms with E-state index in [4.69, 9.17) is 32.7 Å². The topological polar surface area (TPSA) is 42.0 Å². The molecule has 0 aliphatic carbocycles. The Balaban J connectivity index is 1.37. The van der Waals surface area contributed by atoms with Crippen molar-refractivity contribution in [3.05, 3.63) is 52.0 Å². The number of carbonyl (C=O) groups is 1. The van der Waals surface area contributed by atoms with Crippen molar-refractivity contribution in [1.29, 1.82) is 0 Å². The number of hydrogen-bond acceptors (Lipinski definition) is 4. The van der Waals surface area contributed by atoms with E-state index in [-0.39, 0.29) is 5.91 Å². The number of anilines is 1. The molecule has 1 saturated heterocycles. The Morgan fingerprint density at radius 1 is 0.963 bits per heavy atom. The fourth-order valence-electron chi connectivity index (χ4n) is 3.42. The van der Waals surface area contributed by atoms with Crippen molar-refractivity contribution in [2.75, 3.05) is 44.3 Å². The predicted molar refractivity (Wildman–Crippen MR) is 106 cm³/mol. The monoisotopic (exact) mass is 406 g/mol. The Bertz CT molecular complexity index is 834. The predicted octanol–water partition coefficient (Wildman–Crippen LogP) is 3.66. The molecular formula is C20H20Cl2N2O3. The van der Waals surface area contributed by atoms with Gasteiger partial charge in [-0.2, -0.15) is 0 Å². The van der Waals surface area contributed by atoms with Gasteiger partial charge >= 0.3 is 0 Å². The lowest BCUT2D eigenvalue weighted by Crippen LogP contribution is -2.49. The van der Waals surface area contributed by atoms with Crippen LogP contribution in [0.2, 0.25) is 10.0 Å². The van der Waals surface area contributed by atoms with E-state index in [1.165, 1.54) is 0 Å². The van der Waals surface area contributed by atoms with Crippen molar-refractivity contribution >= 4 is 34.8 Å². The first kappa shape index (κ1) is 18.3. The van der Waals surface area contributed by atoms with E-state index < -0.39 is 0 Å². The molecular weight excluding hydrogens is 387 g/mol. The summed E-state index contributed by atoms with van der Waals surface area (Å²) in [6, 6.07) is 11.4. The van der Waals surface area contributed by atoms with Crippen molar-refractivity contribution in [3.63, 3.8) is 0 Å². The van der Waals surface area contributed by atoms with Crippen LogP contribution in [-0.4, -0.2) is 50.2 Å². The molecule has 0 radical (unpaired) electrons. The average Bonchev–Trinajstić information content (AvgIpc) is 2.69. The van der Waals surface area contributed by atoms with Gasteiger partial charge in [0.2, 0.25) is 5.91 Å². The maximum absolute atomic E-state index is 12.7. The summed E-state index contributed by atoms with van der Waals surface area (Å²) >= 11 is 12.2. The maximum atomic E-state index is 12.7. The molecule has 0 unspecified atom stereocenters. The summed E-state index contributed by atoms with van der Waals surface area (Å²) in [7, 11) is 0. The zero-order valence-corrected chi connectivity index (χ0v) is 16.3.